The van der Waals surface area contributed by atoms with E-state index in [1.54, 1.807) is 24.3 Å². The van der Waals surface area contributed by atoms with Gasteiger partial charge in [0, 0.05) is 30.6 Å². The molecule has 7 heteroatoms. The zero-order valence-corrected chi connectivity index (χ0v) is 16.6. The molecule has 1 amide bonds. The highest BCUT2D eigenvalue weighted by Gasteiger charge is 2.30. The summed E-state index contributed by atoms with van der Waals surface area (Å²) >= 11 is 5.84. The Morgan fingerprint density at radius 1 is 1.04 bits per heavy atom. The maximum absolute atomic E-state index is 12.7. The standard InChI is InChI=1S/C19H27ClN2O3S/c20-17-6-8-18(9-7-17)26(24,25)22-12-10-15(11-13-22)14-21-19(23)16-4-2-1-3-5-16/h6-9,15-16H,1-5,10-14H2,(H,21,23). The third-order valence-corrected chi connectivity index (χ3v) is 7.73. The normalized spacial score (nSPS) is 20.8. The van der Waals surface area contributed by atoms with Gasteiger partial charge in [-0.3, -0.25) is 4.79 Å². The fourth-order valence-corrected chi connectivity index (χ4v) is 5.46. The molecule has 2 aliphatic rings. The van der Waals surface area contributed by atoms with E-state index < -0.39 is 10.0 Å². The lowest BCUT2D eigenvalue weighted by atomic mass is 9.88. The zero-order valence-electron chi connectivity index (χ0n) is 15.0. The molecule has 26 heavy (non-hydrogen) atoms. The van der Waals surface area contributed by atoms with Crippen LogP contribution in [0.5, 0.6) is 0 Å². The van der Waals surface area contributed by atoms with Crippen LogP contribution in [0.1, 0.15) is 44.9 Å². The summed E-state index contributed by atoms with van der Waals surface area (Å²) in [6.07, 6.45) is 7.10. The van der Waals surface area contributed by atoms with Gasteiger partial charge in [-0.25, -0.2) is 8.42 Å². The van der Waals surface area contributed by atoms with Crippen molar-refractivity contribution in [3.05, 3.63) is 29.3 Å². The molecule has 2 fully saturated rings. The number of hydrogen-bond acceptors (Lipinski definition) is 3. The van der Waals surface area contributed by atoms with Crippen LogP contribution < -0.4 is 5.32 Å². The van der Waals surface area contributed by atoms with Gasteiger partial charge in [0.1, 0.15) is 0 Å². The van der Waals surface area contributed by atoms with Gasteiger partial charge < -0.3 is 5.32 Å². The molecule has 1 heterocycles. The highest BCUT2D eigenvalue weighted by Crippen LogP contribution is 2.26. The number of amides is 1. The minimum atomic E-state index is -3.46. The minimum Gasteiger partial charge on any atom is -0.356 e. The van der Waals surface area contributed by atoms with Crippen molar-refractivity contribution in [1.82, 2.24) is 9.62 Å². The largest absolute Gasteiger partial charge is 0.356 e. The number of sulfonamides is 1. The van der Waals surface area contributed by atoms with Crippen molar-refractivity contribution in [2.45, 2.75) is 49.8 Å². The molecule has 0 radical (unpaired) electrons. The smallest absolute Gasteiger partial charge is 0.243 e. The number of benzene rings is 1. The highest BCUT2D eigenvalue weighted by molar-refractivity contribution is 7.89. The number of hydrogen-bond donors (Lipinski definition) is 1. The molecular formula is C19H27ClN2O3S. The Kier molecular flexibility index (Phi) is 6.59. The van der Waals surface area contributed by atoms with E-state index in [2.05, 4.69) is 5.32 Å². The molecule has 1 N–H and O–H groups in total. The van der Waals surface area contributed by atoms with E-state index in [9.17, 15) is 13.2 Å². The Bertz CT molecular complexity index is 707. The number of carbonyl (C=O) groups excluding carboxylic acids is 1. The van der Waals surface area contributed by atoms with Gasteiger partial charge in [-0.1, -0.05) is 30.9 Å². The molecule has 0 unspecified atom stereocenters. The van der Waals surface area contributed by atoms with Crippen molar-refractivity contribution in [3.8, 4) is 0 Å². The van der Waals surface area contributed by atoms with Crippen LogP contribution in [0.2, 0.25) is 5.02 Å². The van der Waals surface area contributed by atoms with Crippen molar-refractivity contribution in [3.63, 3.8) is 0 Å². The summed E-state index contributed by atoms with van der Waals surface area (Å²) in [4.78, 5) is 12.5. The number of carbonyl (C=O) groups is 1. The first kappa shape index (κ1) is 19.6. The van der Waals surface area contributed by atoms with Gasteiger partial charge in [-0.05, 0) is 55.9 Å². The number of halogens is 1. The van der Waals surface area contributed by atoms with Gasteiger partial charge >= 0.3 is 0 Å². The molecule has 5 nitrogen and oxygen atoms in total. The predicted octanol–water partition coefficient (Wildman–Crippen LogP) is 3.44. The zero-order chi connectivity index (χ0) is 18.6. The minimum absolute atomic E-state index is 0.175. The monoisotopic (exact) mass is 398 g/mol. The SMILES string of the molecule is O=C(NCC1CCN(S(=O)(=O)c2ccc(Cl)cc2)CC1)C1CCCCC1. The van der Waals surface area contributed by atoms with E-state index in [1.165, 1.54) is 10.7 Å². The van der Waals surface area contributed by atoms with E-state index in [-0.39, 0.29) is 16.7 Å². The van der Waals surface area contributed by atoms with Crippen LogP contribution in [0.3, 0.4) is 0 Å². The van der Waals surface area contributed by atoms with E-state index in [0.29, 0.717) is 30.6 Å². The summed E-state index contributed by atoms with van der Waals surface area (Å²) in [6, 6.07) is 6.30. The van der Waals surface area contributed by atoms with Gasteiger partial charge in [0.2, 0.25) is 15.9 Å². The second kappa shape index (κ2) is 8.72. The maximum Gasteiger partial charge on any atom is 0.243 e. The van der Waals surface area contributed by atoms with Crippen LogP contribution in [-0.4, -0.2) is 38.3 Å². The van der Waals surface area contributed by atoms with Crippen LogP contribution in [0.15, 0.2) is 29.2 Å². The third-order valence-electron chi connectivity index (χ3n) is 5.57. The van der Waals surface area contributed by atoms with Gasteiger partial charge in [-0.2, -0.15) is 4.31 Å². The molecule has 0 aromatic heterocycles. The first-order chi connectivity index (χ1) is 12.5. The second-order valence-electron chi connectivity index (χ2n) is 7.38. The predicted molar refractivity (Wildman–Crippen MR) is 103 cm³/mol. The molecule has 1 aromatic carbocycles. The molecular weight excluding hydrogens is 372 g/mol. The summed E-state index contributed by atoms with van der Waals surface area (Å²) in [6.45, 7) is 1.65. The van der Waals surface area contributed by atoms with E-state index in [0.717, 1.165) is 38.5 Å². The lowest BCUT2D eigenvalue weighted by molar-refractivity contribution is -0.126. The molecule has 1 saturated carbocycles. The fourth-order valence-electron chi connectivity index (χ4n) is 3.86. The van der Waals surface area contributed by atoms with Gasteiger partial charge in [0.15, 0.2) is 0 Å². The van der Waals surface area contributed by atoms with Crippen LogP contribution in [0, 0.1) is 11.8 Å². The molecule has 144 valence electrons. The Balaban J connectivity index is 1.47. The molecule has 1 aromatic rings. The van der Waals surface area contributed by atoms with Gasteiger partial charge in [0.05, 0.1) is 4.90 Å². The molecule has 0 bridgehead atoms. The number of rotatable bonds is 5. The average molecular weight is 399 g/mol. The molecule has 0 spiro atoms. The highest BCUT2D eigenvalue weighted by atomic mass is 35.5. The summed E-state index contributed by atoms with van der Waals surface area (Å²) < 4.78 is 26.9. The lowest BCUT2D eigenvalue weighted by Crippen LogP contribution is -2.42. The Labute approximate surface area is 161 Å². The molecule has 1 aliphatic heterocycles. The van der Waals surface area contributed by atoms with Crippen molar-refractivity contribution in [1.29, 1.82) is 0 Å². The van der Waals surface area contributed by atoms with Crippen molar-refractivity contribution in [2.24, 2.45) is 11.8 Å². The second-order valence-corrected chi connectivity index (χ2v) is 9.76. The summed E-state index contributed by atoms with van der Waals surface area (Å²) in [5.41, 5.74) is 0. The van der Waals surface area contributed by atoms with Crippen LogP contribution in [0.4, 0.5) is 0 Å². The maximum atomic E-state index is 12.7. The molecule has 3 rings (SSSR count). The van der Waals surface area contributed by atoms with Crippen LogP contribution in [-0.2, 0) is 14.8 Å². The number of nitrogens with zero attached hydrogens (tertiary/aromatic N) is 1. The Hall–Kier alpha value is -1.11. The summed E-state index contributed by atoms with van der Waals surface area (Å²) in [5.74, 6) is 0.703. The van der Waals surface area contributed by atoms with Crippen molar-refractivity contribution < 1.29 is 13.2 Å². The first-order valence-corrected chi connectivity index (χ1v) is 11.3. The lowest BCUT2D eigenvalue weighted by Gasteiger charge is -2.31. The van der Waals surface area contributed by atoms with E-state index in [4.69, 9.17) is 11.6 Å². The summed E-state index contributed by atoms with van der Waals surface area (Å²) in [5, 5.41) is 3.62. The van der Waals surface area contributed by atoms with E-state index >= 15 is 0 Å². The number of nitrogens with one attached hydrogen (secondary N) is 1. The van der Waals surface area contributed by atoms with Crippen molar-refractivity contribution in [2.75, 3.05) is 19.6 Å². The number of piperidine rings is 1. The average Bonchev–Trinajstić information content (AvgIpc) is 2.67. The molecule has 1 saturated heterocycles. The van der Waals surface area contributed by atoms with Crippen LogP contribution in [0.25, 0.3) is 0 Å². The molecule has 0 atom stereocenters. The molecule has 1 aliphatic carbocycles. The van der Waals surface area contributed by atoms with E-state index in [1.807, 2.05) is 0 Å². The van der Waals surface area contributed by atoms with Gasteiger partial charge in [-0.15, -0.1) is 0 Å². The van der Waals surface area contributed by atoms with Crippen molar-refractivity contribution >= 4 is 27.5 Å². The Morgan fingerprint density at radius 3 is 2.27 bits per heavy atom. The fraction of sp³-hybridized carbons (Fsp3) is 0.632. The third kappa shape index (κ3) is 4.78. The first-order valence-electron chi connectivity index (χ1n) is 9.50. The topological polar surface area (TPSA) is 66.5 Å². The summed E-state index contributed by atoms with van der Waals surface area (Å²) in [7, 11) is -3.46. The van der Waals surface area contributed by atoms with Gasteiger partial charge in [0.25, 0.3) is 0 Å². The quantitative estimate of drug-likeness (QED) is 0.826. The van der Waals surface area contributed by atoms with Crippen LogP contribution >= 0.6 is 11.6 Å². The Morgan fingerprint density at radius 2 is 1.65 bits per heavy atom.